The SMILES string of the molecule is Fc1cc(F)cc(CO[C@H]2CNCC[C@]2(OCc2ccccc2)c2ccc(Cl)cc2)c1. The Morgan fingerprint density at radius 2 is 1.61 bits per heavy atom. The average molecular weight is 444 g/mol. The Morgan fingerprint density at radius 3 is 2.32 bits per heavy atom. The number of hydrogen-bond acceptors (Lipinski definition) is 3. The molecule has 1 aliphatic rings. The summed E-state index contributed by atoms with van der Waals surface area (Å²) in [6.45, 7) is 1.80. The van der Waals surface area contributed by atoms with Gasteiger partial charge in [0, 0.05) is 17.6 Å². The van der Waals surface area contributed by atoms with E-state index in [-0.39, 0.29) is 12.7 Å². The van der Waals surface area contributed by atoms with Gasteiger partial charge in [-0.15, -0.1) is 0 Å². The summed E-state index contributed by atoms with van der Waals surface area (Å²) >= 11 is 6.12. The fourth-order valence-electron chi connectivity index (χ4n) is 4.01. The fourth-order valence-corrected chi connectivity index (χ4v) is 4.14. The molecule has 0 spiro atoms. The molecule has 0 unspecified atom stereocenters. The van der Waals surface area contributed by atoms with E-state index in [1.807, 2.05) is 54.6 Å². The van der Waals surface area contributed by atoms with Gasteiger partial charge in [0.2, 0.25) is 0 Å². The lowest BCUT2D eigenvalue weighted by atomic mass is 9.82. The van der Waals surface area contributed by atoms with Gasteiger partial charge in [-0.3, -0.25) is 0 Å². The summed E-state index contributed by atoms with van der Waals surface area (Å²) in [5.74, 6) is -1.24. The molecule has 31 heavy (non-hydrogen) atoms. The van der Waals surface area contributed by atoms with Crippen LogP contribution in [0.5, 0.6) is 0 Å². The molecule has 1 aliphatic heterocycles. The Morgan fingerprint density at radius 1 is 0.903 bits per heavy atom. The van der Waals surface area contributed by atoms with E-state index in [0.717, 1.165) is 23.7 Å². The molecule has 0 aromatic heterocycles. The second-order valence-electron chi connectivity index (χ2n) is 7.70. The first-order valence-corrected chi connectivity index (χ1v) is 10.6. The number of nitrogens with one attached hydrogen (secondary N) is 1. The van der Waals surface area contributed by atoms with E-state index >= 15 is 0 Å². The average Bonchev–Trinajstić information content (AvgIpc) is 2.77. The van der Waals surface area contributed by atoms with E-state index in [1.54, 1.807) is 0 Å². The van der Waals surface area contributed by atoms with E-state index < -0.39 is 17.2 Å². The van der Waals surface area contributed by atoms with E-state index in [0.29, 0.717) is 30.2 Å². The monoisotopic (exact) mass is 443 g/mol. The second kappa shape index (κ2) is 9.88. The first-order chi connectivity index (χ1) is 15.0. The molecule has 1 saturated heterocycles. The third-order valence-electron chi connectivity index (χ3n) is 5.57. The molecule has 3 aromatic rings. The van der Waals surface area contributed by atoms with Gasteiger partial charge in [0.15, 0.2) is 0 Å². The first kappa shape index (κ1) is 21.9. The maximum Gasteiger partial charge on any atom is 0.126 e. The third-order valence-corrected chi connectivity index (χ3v) is 5.82. The third kappa shape index (κ3) is 5.31. The normalized spacial score (nSPS) is 21.2. The summed E-state index contributed by atoms with van der Waals surface area (Å²) in [6, 6.07) is 21.0. The molecule has 1 fully saturated rings. The Kier molecular flexibility index (Phi) is 6.98. The van der Waals surface area contributed by atoms with Gasteiger partial charge in [0.05, 0.1) is 13.2 Å². The molecule has 3 aromatic carbocycles. The van der Waals surface area contributed by atoms with Gasteiger partial charge in [0.25, 0.3) is 0 Å². The lowest BCUT2D eigenvalue weighted by Crippen LogP contribution is -2.54. The van der Waals surface area contributed by atoms with Crippen LogP contribution in [-0.2, 0) is 28.3 Å². The van der Waals surface area contributed by atoms with E-state index in [2.05, 4.69) is 5.32 Å². The molecular formula is C25H24ClF2NO2. The van der Waals surface area contributed by atoms with Gasteiger partial charge in [-0.25, -0.2) is 8.78 Å². The summed E-state index contributed by atoms with van der Waals surface area (Å²) in [5, 5.41) is 3.99. The van der Waals surface area contributed by atoms with Crippen LogP contribution in [0.1, 0.15) is 23.1 Å². The Bertz CT molecular complexity index is 980. The fraction of sp³-hybridized carbons (Fsp3) is 0.280. The molecule has 3 nitrogen and oxygen atoms in total. The highest BCUT2D eigenvalue weighted by atomic mass is 35.5. The molecule has 1 N–H and O–H groups in total. The van der Waals surface area contributed by atoms with Crippen molar-refractivity contribution in [1.82, 2.24) is 5.32 Å². The van der Waals surface area contributed by atoms with Crippen molar-refractivity contribution < 1.29 is 18.3 Å². The quantitative estimate of drug-likeness (QED) is 0.515. The zero-order valence-electron chi connectivity index (χ0n) is 17.0. The number of ether oxygens (including phenoxy) is 2. The molecule has 0 aliphatic carbocycles. The van der Waals surface area contributed by atoms with Gasteiger partial charge in [0.1, 0.15) is 23.3 Å². The van der Waals surface area contributed by atoms with Crippen molar-refractivity contribution in [3.8, 4) is 0 Å². The van der Waals surface area contributed by atoms with Crippen molar-refractivity contribution in [3.05, 3.63) is 106 Å². The van der Waals surface area contributed by atoms with Crippen molar-refractivity contribution in [2.75, 3.05) is 13.1 Å². The van der Waals surface area contributed by atoms with E-state index in [1.165, 1.54) is 12.1 Å². The van der Waals surface area contributed by atoms with Crippen LogP contribution in [0.4, 0.5) is 8.78 Å². The highest BCUT2D eigenvalue weighted by Gasteiger charge is 2.44. The van der Waals surface area contributed by atoms with E-state index in [9.17, 15) is 8.78 Å². The number of hydrogen-bond donors (Lipinski definition) is 1. The molecule has 1 heterocycles. The standard InChI is InChI=1S/C25H24ClF2NO2/c26-21-8-6-20(7-9-21)25(31-17-18-4-2-1-3-5-18)10-11-29-15-24(25)30-16-19-12-22(27)14-23(28)13-19/h1-9,12-14,24,29H,10-11,15-17H2/t24-,25-/m0/s1. The largest absolute Gasteiger partial charge is 0.369 e. The van der Waals surface area contributed by atoms with Crippen LogP contribution in [0.25, 0.3) is 0 Å². The Balaban J connectivity index is 1.61. The van der Waals surface area contributed by atoms with Crippen molar-refractivity contribution in [3.63, 3.8) is 0 Å². The highest BCUT2D eigenvalue weighted by Crippen LogP contribution is 2.38. The highest BCUT2D eigenvalue weighted by molar-refractivity contribution is 6.30. The lowest BCUT2D eigenvalue weighted by molar-refractivity contribution is -0.176. The number of rotatable bonds is 7. The number of halogens is 3. The van der Waals surface area contributed by atoms with Gasteiger partial charge in [-0.2, -0.15) is 0 Å². The Hall–Kier alpha value is -2.31. The van der Waals surface area contributed by atoms with Crippen molar-refractivity contribution in [2.24, 2.45) is 0 Å². The van der Waals surface area contributed by atoms with Crippen LogP contribution < -0.4 is 5.32 Å². The van der Waals surface area contributed by atoms with Gasteiger partial charge in [-0.1, -0.05) is 54.1 Å². The van der Waals surface area contributed by atoms with E-state index in [4.69, 9.17) is 21.1 Å². The summed E-state index contributed by atoms with van der Waals surface area (Å²) < 4.78 is 40.0. The lowest BCUT2D eigenvalue weighted by Gasteiger charge is -2.44. The molecule has 162 valence electrons. The first-order valence-electron chi connectivity index (χ1n) is 10.3. The van der Waals surface area contributed by atoms with Gasteiger partial charge < -0.3 is 14.8 Å². The molecule has 2 atom stereocenters. The summed E-state index contributed by atoms with van der Waals surface area (Å²) in [6.07, 6.45) is 0.321. The minimum atomic E-state index is -0.725. The topological polar surface area (TPSA) is 30.5 Å². The van der Waals surface area contributed by atoms with Crippen LogP contribution >= 0.6 is 11.6 Å². The van der Waals surface area contributed by atoms with Gasteiger partial charge >= 0.3 is 0 Å². The molecule has 4 rings (SSSR count). The predicted octanol–water partition coefficient (Wildman–Crippen LogP) is 5.61. The molecular weight excluding hydrogens is 420 g/mol. The zero-order chi connectivity index (χ0) is 21.7. The van der Waals surface area contributed by atoms with Crippen LogP contribution in [-0.4, -0.2) is 19.2 Å². The smallest absolute Gasteiger partial charge is 0.126 e. The van der Waals surface area contributed by atoms with Crippen molar-refractivity contribution in [1.29, 1.82) is 0 Å². The maximum absolute atomic E-state index is 13.6. The maximum atomic E-state index is 13.6. The van der Waals surface area contributed by atoms with Crippen LogP contribution in [0.15, 0.2) is 72.8 Å². The predicted molar refractivity (Wildman–Crippen MR) is 117 cm³/mol. The number of benzene rings is 3. The molecule has 0 saturated carbocycles. The summed E-state index contributed by atoms with van der Waals surface area (Å²) in [4.78, 5) is 0. The minimum absolute atomic E-state index is 0.0745. The molecule has 6 heteroatoms. The van der Waals surface area contributed by atoms with Crippen molar-refractivity contribution in [2.45, 2.75) is 31.3 Å². The van der Waals surface area contributed by atoms with Crippen LogP contribution in [0, 0.1) is 11.6 Å². The van der Waals surface area contributed by atoms with Crippen LogP contribution in [0.3, 0.4) is 0 Å². The summed E-state index contributed by atoms with van der Waals surface area (Å²) in [7, 11) is 0. The zero-order valence-corrected chi connectivity index (χ0v) is 17.7. The summed E-state index contributed by atoms with van der Waals surface area (Å²) in [5.41, 5.74) is 1.73. The molecule has 0 bridgehead atoms. The molecule has 0 amide bonds. The molecule has 0 radical (unpaired) electrons. The minimum Gasteiger partial charge on any atom is -0.369 e. The Labute approximate surface area is 186 Å². The van der Waals surface area contributed by atoms with Crippen molar-refractivity contribution >= 4 is 11.6 Å². The van der Waals surface area contributed by atoms with Gasteiger partial charge in [-0.05, 0) is 53.9 Å². The number of piperidine rings is 1. The van der Waals surface area contributed by atoms with Crippen LogP contribution in [0.2, 0.25) is 5.02 Å². The second-order valence-corrected chi connectivity index (χ2v) is 8.14.